The van der Waals surface area contributed by atoms with Gasteiger partial charge in [0.25, 0.3) is 0 Å². The van der Waals surface area contributed by atoms with Gasteiger partial charge in [0, 0.05) is 7.11 Å². The fraction of sp³-hybridized carbons (Fsp3) is 1.00. The van der Waals surface area contributed by atoms with Crippen LogP contribution in [-0.4, -0.2) is 28.8 Å². The first kappa shape index (κ1) is 11.3. The van der Waals surface area contributed by atoms with Crippen molar-refractivity contribution in [3.8, 4) is 0 Å². The van der Waals surface area contributed by atoms with Gasteiger partial charge in [-0.3, -0.25) is 0 Å². The second kappa shape index (κ2) is 4.35. The molecule has 0 aromatic carbocycles. The maximum Gasteiger partial charge on any atom is 0.472 e. The summed E-state index contributed by atoms with van der Waals surface area (Å²) < 4.78 is 30.0. The van der Waals surface area contributed by atoms with Crippen LogP contribution < -0.4 is 0 Å². The molecule has 0 bridgehead atoms. The number of alkyl halides is 2. The van der Waals surface area contributed by atoms with Crippen molar-refractivity contribution < 1.29 is 28.0 Å². The fourth-order valence-electron chi connectivity index (χ4n) is 0.286. The Balaban J connectivity index is 3.87. The highest BCUT2D eigenvalue weighted by atomic mass is 35.5. The summed E-state index contributed by atoms with van der Waals surface area (Å²) in [7, 11) is -3.75. The van der Waals surface area contributed by atoms with Gasteiger partial charge in [-0.2, -0.15) is 0 Å². The van der Waals surface area contributed by atoms with Crippen molar-refractivity contribution >= 4 is 19.4 Å². The summed E-state index contributed by atoms with van der Waals surface area (Å²) in [4.78, 5) is 16.1. The minimum Gasteiger partial charge on any atom is -0.360 e. The lowest BCUT2D eigenvalue weighted by molar-refractivity contribution is -0.0420. The maximum absolute atomic E-state index is 12.3. The predicted octanol–water partition coefficient (Wildman–Crippen LogP) is 0.603. The molecule has 0 radical (unpaired) electrons. The third kappa shape index (κ3) is 5.55. The van der Waals surface area contributed by atoms with Gasteiger partial charge in [0.15, 0.2) is 5.56 Å². The number of hydrogen-bond donors (Lipinski definition) is 2. The number of methoxy groups -OCH3 is 1. The molecule has 0 aliphatic heterocycles. The molecule has 0 amide bonds. The van der Waals surface area contributed by atoms with E-state index in [1.165, 1.54) is 0 Å². The van der Waals surface area contributed by atoms with E-state index in [1.807, 2.05) is 0 Å². The number of rotatable bonds is 4. The molecule has 0 aliphatic rings. The Labute approximate surface area is 67.3 Å². The van der Waals surface area contributed by atoms with E-state index < -0.39 is 19.7 Å². The standard InChI is InChI=1S/C3H7ClFO5P/c1-9-2(4)3(5)10-11(6,7)8/h2-3H,1H3,(H2,6,7,8). The Morgan fingerprint density at radius 2 is 2.09 bits per heavy atom. The second-order valence-corrected chi connectivity index (χ2v) is 3.16. The summed E-state index contributed by atoms with van der Waals surface area (Å²) in [6.45, 7) is 0. The van der Waals surface area contributed by atoms with Crippen molar-refractivity contribution in [3.63, 3.8) is 0 Å². The van der Waals surface area contributed by atoms with Crippen LogP contribution in [-0.2, 0) is 13.8 Å². The van der Waals surface area contributed by atoms with E-state index in [2.05, 4.69) is 9.26 Å². The van der Waals surface area contributed by atoms with E-state index in [1.54, 1.807) is 0 Å². The van der Waals surface area contributed by atoms with Crippen molar-refractivity contribution in [1.29, 1.82) is 0 Å². The van der Waals surface area contributed by atoms with Crippen molar-refractivity contribution in [2.24, 2.45) is 0 Å². The molecule has 8 heteroatoms. The maximum atomic E-state index is 12.3. The largest absolute Gasteiger partial charge is 0.472 e. The minimum absolute atomic E-state index is 1.08. The normalized spacial score (nSPS) is 17.9. The highest BCUT2D eigenvalue weighted by Gasteiger charge is 2.27. The first-order valence-corrected chi connectivity index (χ1v) is 4.38. The van der Waals surface area contributed by atoms with Crippen LogP contribution in [0.15, 0.2) is 0 Å². The molecule has 5 nitrogen and oxygen atoms in total. The molecular weight excluding hydrogens is 201 g/mol. The highest BCUT2D eigenvalue weighted by Crippen LogP contribution is 2.39. The van der Waals surface area contributed by atoms with E-state index in [-0.39, 0.29) is 0 Å². The summed E-state index contributed by atoms with van der Waals surface area (Å²) in [5.41, 5.74) is -1.53. The van der Waals surface area contributed by atoms with E-state index in [0.717, 1.165) is 7.11 Å². The van der Waals surface area contributed by atoms with Crippen LogP contribution in [0, 0.1) is 0 Å². The number of hydrogen-bond acceptors (Lipinski definition) is 3. The predicted molar refractivity (Wildman–Crippen MR) is 34.7 cm³/mol. The third-order valence-electron chi connectivity index (χ3n) is 0.669. The van der Waals surface area contributed by atoms with Gasteiger partial charge in [0.05, 0.1) is 0 Å². The van der Waals surface area contributed by atoms with Crippen LogP contribution in [0.1, 0.15) is 0 Å². The number of halogens is 2. The van der Waals surface area contributed by atoms with Crippen molar-refractivity contribution in [1.82, 2.24) is 0 Å². The molecule has 2 unspecified atom stereocenters. The van der Waals surface area contributed by atoms with Gasteiger partial charge in [-0.1, -0.05) is 11.6 Å². The zero-order valence-corrected chi connectivity index (χ0v) is 7.13. The van der Waals surface area contributed by atoms with Crippen LogP contribution >= 0.6 is 19.4 Å². The summed E-state index contributed by atoms with van der Waals surface area (Å²) >= 11 is 5.06. The molecule has 0 rings (SSSR count). The van der Waals surface area contributed by atoms with Crippen LogP contribution in [0.4, 0.5) is 4.39 Å². The quantitative estimate of drug-likeness (QED) is 0.523. The lowest BCUT2D eigenvalue weighted by atomic mass is 10.7. The van der Waals surface area contributed by atoms with Crippen LogP contribution in [0.25, 0.3) is 0 Å². The Bertz CT molecular complexity index is 160. The summed E-state index contributed by atoms with van der Waals surface area (Å²) in [6, 6.07) is 0. The molecule has 0 aliphatic carbocycles. The van der Waals surface area contributed by atoms with Gasteiger partial charge in [-0.05, 0) is 0 Å². The van der Waals surface area contributed by atoms with Crippen LogP contribution in [0.2, 0.25) is 0 Å². The van der Waals surface area contributed by atoms with Crippen molar-refractivity contribution in [3.05, 3.63) is 0 Å². The number of phosphoric acid groups is 1. The minimum atomic E-state index is -4.83. The summed E-state index contributed by atoms with van der Waals surface area (Å²) in [5, 5.41) is 0. The van der Waals surface area contributed by atoms with Gasteiger partial charge in [0.2, 0.25) is 6.36 Å². The molecule has 0 aromatic rings. The first-order valence-electron chi connectivity index (χ1n) is 2.41. The first-order chi connectivity index (χ1) is 4.87. The molecule has 0 aromatic heterocycles. The smallest absolute Gasteiger partial charge is 0.360 e. The fourth-order valence-corrected chi connectivity index (χ4v) is 0.782. The topological polar surface area (TPSA) is 76.0 Å². The van der Waals surface area contributed by atoms with E-state index >= 15 is 0 Å². The summed E-state index contributed by atoms with van der Waals surface area (Å²) in [5.74, 6) is 0. The Kier molecular flexibility index (Phi) is 4.46. The highest BCUT2D eigenvalue weighted by molar-refractivity contribution is 7.46. The molecule has 0 fully saturated rings. The molecule has 0 spiro atoms. The van der Waals surface area contributed by atoms with Crippen LogP contribution in [0.3, 0.4) is 0 Å². The van der Waals surface area contributed by atoms with Gasteiger partial charge in [-0.15, -0.1) is 0 Å². The Morgan fingerprint density at radius 1 is 1.64 bits per heavy atom. The van der Waals surface area contributed by atoms with Gasteiger partial charge in [-0.25, -0.2) is 13.5 Å². The molecule has 0 heterocycles. The molecule has 2 N–H and O–H groups in total. The number of phosphoric ester groups is 1. The molecule has 0 saturated heterocycles. The molecule has 68 valence electrons. The molecule has 0 saturated carbocycles. The van der Waals surface area contributed by atoms with Gasteiger partial charge in [0.1, 0.15) is 0 Å². The van der Waals surface area contributed by atoms with Crippen LogP contribution in [0.5, 0.6) is 0 Å². The van der Waals surface area contributed by atoms with Gasteiger partial charge < -0.3 is 14.5 Å². The van der Waals surface area contributed by atoms with E-state index in [0.29, 0.717) is 0 Å². The van der Waals surface area contributed by atoms with Crippen molar-refractivity contribution in [2.45, 2.75) is 11.9 Å². The van der Waals surface area contributed by atoms with Gasteiger partial charge >= 0.3 is 7.82 Å². The van der Waals surface area contributed by atoms with E-state index in [4.69, 9.17) is 21.4 Å². The zero-order chi connectivity index (χ0) is 9.07. The monoisotopic (exact) mass is 208 g/mol. The average molecular weight is 209 g/mol. The molecule has 2 atom stereocenters. The number of ether oxygens (including phenoxy) is 1. The Morgan fingerprint density at radius 3 is 2.36 bits per heavy atom. The lowest BCUT2D eigenvalue weighted by Gasteiger charge is -2.13. The molecule has 11 heavy (non-hydrogen) atoms. The van der Waals surface area contributed by atoms with E-state index in [9.17, 15) is 8.96 Å². The lowest BCUT2D eigenvalue weighted by Crippen LogP contribution is -2.20. The summed E-state index contributed by atoms with van der Waals surface area (Å²) in [6.07, 6.45) is -2.34. The Hall–Kier alpha value is 0.290. The SMILES string of the molecule is COC(Cl)C(F)OP(=O)(O)O. The molecular formula is C3H7ClFO5P. The third-order valence-corrected chi connectivity index (χ3v) is 1.52. The second-order valence-electron chi connectivity index (χ2n) is 1.53. The zero-order valence-electron chi connectivity index (χ0n) is 5.48. The average Bonchev–Trinajstić information content (AvgIpc) is 1.82. The van der Waals surface area contributed by atoms with Crippen molar-refractivity contribution in [2.75, 3.05) is 7.11 Å².